The number of alkyl halides is 3. The molecule has 216 valence electrons. The van der Waals surface area contributed by atoms with Crippen molar-refractivity contribution in [2.45, 2.75) is 46.8 Å². The Morgan fingerprint density at radius 1 is 1.18 bits per heavy atom. The van der Waals surface area contributed by atoms with E-state index in [4.69, 9.17) is 9.47 Å². The third kappa shape index (κ3) is 11.6. The first-order chi connectivity index (χ1) is 19.0. The van der Waals surface area contributed by atoms with Gasteiger partial charge in [-0.1, -0.05) is 45.6 Å². The molecule has 12 heteroatoms. The van der Waals surface area contributed by atoms with E-state index in [9.17, 15) is 13.2 Å². The average molecular weight is 560 g/mol. The van der Waals surface area contributed by atoms with Gasteiger partial charge in [0.1, 0.15) is 12.9 Å². The monoisotopic (exact) mass is 559 g/mol. The van der Waals surface area contributed by atoms with Gasteiger partial charge in [0.2, 0.25) is 5.90 Å². The predicted octanol–water partition coefficient (Wildman–Crippen LogP) is 6.16. The second-order valence-electron chi connectivity index (χ2n) is 8.27. The molecule has 2 rings (SSSR count). The van der Waals surface area contributed by atoms with Crippen LogP contribution in [0.25, 0.3) is 5.70 Å². The molecule has 40 heavy (non-hydrogen) atoms. The van der Waals surface area contributed by atoms with Crippen LogP contribution in [0.1, 0.15) is 45.5 Å². The van der Waals surface area contributed by atoms with E-state index in [2.05, 4.69) is 57.5 Å². The quantitative estimate of drug-likeness (QED) is 0.142. The number of allylic oxidation sites excluding steroid dienone is 5. The normalized spacial score (nSPS) is 13.4. The second kappa shape index (κ2) is 17.3. The molecule has 2 aromatic rings. The number of hydrogen-bond acceptors (Lipinski definition) is 8. The molecule has 0 saturated heterocycles. The number of nitrogens with zero attached hydrogens (tertiary/aromatic N) is 7. The van der Waals surface area contributed by atoms with Crippen LogP contribution >= 0.6 is 0 Å². The highest BCUT2D eigenvalue weighted by Gasteiger charge is 2.30. The zero-order chi connectivity index (χ0) is 30.1. The number of ether oxygens (including phenoxy) is 2. The molecule has 9 nitrogen and oxygen atoms in total. The van der Waals surface area contributed by atoms with Gasteiger partial charge < -0.3 is 9.47 Å². The molecular formula is C28H36F3N7O2. The van der Waals surface area contributed by atoms with Crippen molar-refractivity contribution in [3.8, 4) is 0 Å². The Labute approximate surface area is 233 Å². The molecule has 0 atom stereocenters. The maximum Gasteiger partial charge on any atom is 0.416 e. The molecule has 0 fully saturated rings. The maximum absolute atomic E-state index is 12.9. The van der Waals surface area contributed by atoms with E-state index in [-0.39, 0.29) is 18.3 Å². The summed E-state index contributed by atoms with van der Waals surface area (Å²) < 4.78 is 51.2. The van der Waals surface area contributed by atoms with E-state index in [1.807, 2.05) is 12.1 Å². The van der Waals surface area contributed by atoms with Gasteiger partial charge in [-0.25, -0.2) is 14.7 Å². The Kier molecular flexibility index (Phi) is 14.5. The Bertz CT molecular complexity index is 1260. The van der Waals surface area contributed by atoms with Crippen LogP contribution in [-0.2, 0) is 16.0 Å². The molecule has 0 amide bonds. The number of rotatable bonds is 11. The van der Waals surface area contributed by atoms with E-state index in [0.29, 0.717) is 34.8 Å². The van der Waals surface area contributed by atoms with Crippen LogP contribution in [0, 0.1) is 0 Å². The lowest BCUT2D eigenvalue weighted by atomic mass is 10.1. The average Bonchev–Trinajstić information content (AvgIpc) is 3.42. The number of hydrogen-bond donors (Lipinski definition) is 0. The van der Waals surface area contributed by atoms with Crippen molar-refractivity contribution in [3.05, 3.63) is 89.8 Å². The van der Waals surface area contributed by atoms with Crippen molar-refractivity contribution in [3.63, 3.8) is 0 Å². The lowest BCUT2D eigenvalue weighted by Gasteiger charge is -2.13. The minimum atomic E-state index is -4.49. The lowest BCUT2D eigenvalue weighted by molar-refractivity contribution is -0.0881. The van der Waals surface area contributed by atoms with Gasteiger partial charge in [0.15, 0.2) is 0 Å². The summed E-state index contributed by atoms with van der Waals surface area (Å²) in [6, 6.07) is 5.40. The van der Waals surface area contributed by atoms with Crippen molar-refractivity contribution < 1.29 is 22.6 Å². The molecule has 0 bridgehead atoms. The smallest absolute Gasteiger partial charge is 0.416 e. The van der Waals surface area contributed by atoms with Crippen molar-refractivity contribution >= 4 is 17.8 Å². The largest absolute Gasteiger partial charge is 0.494 e. The molecule has 0 radical (unpaired) electrons. The molecule has 2 aromatic heterocycles. The van der Waals surface area contributed by atoms with Crippen molar-refractivity contribution in [2.24, 2.45) is 9.98 Å². The molecule has 0 aliphatic rings. The van der Waals surface area contributed by atoms with Crippen LogP contribution in [0.2, 0.25) is 0 Å². The van der Waals surface area contributed by atoms with Gasteiger partial charge in [0.25, 0.3) is 0 Å². The van der Waals surface area contributed by atoms with Crippen molar-refractivity contribution in [2.75, 3.05) is 20.8 Å². The van der Waals surface area contributed by atoms with E-state index >= 15 is 0 Å². The van der Waals surface area contributed by atoms with Crippen LogP contribution in [0.4, 0.5) is 13.2 Å². The summed E-state index contributed by atoms with van der Waals surface area (Å²) in [5.41, 5.74) is 1.91. The third-order valence-corrected chi connectivity index (χ3v) is 4.76. The summed E-state index contributed by atoms with van der Waals surface area (Å²) in [5.74, 6) is 0.497. The lowest BCUT2D eigenvalue weighted by Crippen LogP contribution is -2.12. The number of pyridine rings is 1. The highest BCUT2D eigenvalue weighted by atomic mass is 19.4. The SMILES string of the molecule is C=C/C(=C\C=C(/C)OC/C(C)=C(/C=NC)C(=NC(=C)c1cccc(Cn2cnnn2)n1)OC)C(F)(F)F.CCC. The zero-order valence-electron chi connectivity index (χ0n) is 23.7. The van der Waals surface area contributed by atoms with Crippen molar-refractivity contribution in [1.82, 2.24) is 25.2 Å². The number of aliphatic imine (C=N–C) groups is 2. The highest BCUT2D eigenvalue weighted by molar-refractivity contribution is 6.14. The number of halogens is 3. The molecule has 0 unspecified atom stereocenters. The summed E-state index contributed by atoms with van der Waals surface area (Å²) in [6.07, 6.45) is 2.67. The van der Waals surface area contributed by atoms with Gasteiger partial charge in [-0.05, 0) is 54.1 Å². The van der Waals surface area contributed by atoms with Gasteiger partial charge >= 0.3 is 6.18 Å². The molecule has 0 N–H and O–H groups in total. The fourth-order valence-electron chi connectivity index (χ4n) is 2.85. The zero-order valence-corrected chi connectivity index (χ0v) is 23.7. The van der Waals surface area contributed by atoms with Crippen LogP contribution in [-0.4, -0.2) is 64.2 Å². The van der Waals surface area contributed by atoms with Crippen LogP contribution in [0.3, 0.4) is 0 Å². The Morgan fingerprint density at radius 3 is 2.42 bits per heavy atom. The fraction of sp³-hybridized carbons (Fsp3) is 0.357. The molecule has 0 saturated carbocycles. The van der Waals surface area contributed by atoms with Crippen LogP contribution in [0.5, 0.6) is 0 Å². The first-order valence-corrected chi connectivity index (χ1v) is 12.3. The Hall–Kier alpha value is -4.35. The van der Waals surface area contributed by atoms with Gasteiger partial charge in [-0.15, -0.1) is 5.10 Å². The van der Waals surface area contributed by atoms with Crippen molar-refractivity contribution in [1.29, 1.82) is 0 Å². The molecular weight excluding hydrogens is 523 g/mol. The summed E-state index contributed by atoms with van der Waals surface area (Å²) in [4.78, 5) is 13.1. The predicted molar refractivity (Wildman–Crippen MR) is 152 cm³/mol. The summed E-state index contributed by atoms with van der Waals surface area (Å²) in [7, 11) is 3.04. The molecule has 0 aliphatic heterocycles. The van der Waals surface area contributed by atoms with Crippen LogP contribution in [0.15, 0.2) is 88.4 Å². The van der Waals surface area contributed by atoms with Gasteiger partial charge in [-0.2, -0.15) is 13.2 Å². The number of aromatic nitrogens is 5. The maximum atomic E-state index is 12.9. The first-order valence-electron chi connectivity index (χ1n) is 12.3. The molecule has 2 heterocycles. The van der Waals surface area contributed by atoms with Crippen LogP contribution < -0.4 is 0 Å². The summed E-state index contributed by atoms with van der Waals surface area (Å²) in [5, 5.41) is 11.0. The Morgan fingerprint density at radius 2 is 1.88 bits per heavy atom. The second-order valence-corrected chi connectivity index (χ2v) is 8.27. The highest BCUT2D eigenvalue weighted by Crippen LogP contribution is 2.26. The van der Waals surface area contributed by atoms with E-state index in [1.54, 1.807) is 33.2 Å². The standard InChI is InChI=1S/C25H28F3N7O2.C3H8/c1-7-20(25(26,27)28)12-11-18(3)37-15-17(2)22(13-29-5)24(36-6)31-19(4)23-10-8-9-21(32-23)14-35-16-30-33-34-35;1-3-2/h7-13,16H,1,4,14-15H2,2-3,5-6H3;3H2,1-2H3/b18-11+,20-12+,22-17-,29-13?,31-24?;. The molecule has 0 aromatic carbocycles. The van der Waals surface area contributed by atoms with Gasteiger partial charge in [0.05, 0.1) is 47.6 Å². The van der Waals surface area contributed by atoms with Gasteiger partial charge in [0, 0.05) is 13.3 Å². The topological polar surface area (TPSA) is 99.7 Å². The van der Waals surface area contributed by atoms with E-state index < -0.39 is 11.7 Å². The van der Waals surface area contributed by atoms with Gasteiger partial charge in [-0.3, -0.25) is 4.99 Å². The van der Waals surface area contributed by atoms with E-state index in [1.165, 1.54) is 30.6 Å². The number of methoxy groups -OCH3 is 1. The fourth-order valence-corrected chi connectivity index (χ4v) is 2.85. The third-order valence-electron chi connectivity index (χ3n) is 4.76. The molecule has 0 spiro atoms. The summed E-state index contributed by atoms with van der Waals surface area (Å²) >= 11 is 0. The minimum absolute atomic E-state index is 0.0570. The minimum Gasteiger partial charge on any atom is -0.494 e. The number of tetrazole rings is 1. The van der Waals surface area contributed by atoms with E-state index in [0.717, 1.165) is 12.2 Å². The first kappa shape index (κ1) is 33.7. The Balaban J connectivity index is 0.00000254. The molecule has 0 aliphatic carbocycles. The summed E-state index contributed by atoms with van der Waals surface area (Å²) in [6.45, 7) is 15.2.